The summed E-state index contributed by atoms with van der Waals surface area (Å²) in [6.45, 7) is 1.81. The largest absolute Gasteiger partial charge is 0.493 e. The van der Waals surface area contributed by atoms with Gasteiger partial charge < -0.3 is 14.8 Å². The Bertz CT molecular complexity index is 1020. The van der Waals surface area contributed by atoms with Crippen molar-refractivity contribution in [3.63, 3.8) is 0 Å². The molecule has 1 aromatic heterocycles. The Morgan fingerprint density at radius 2 is 1.93 bits per heavy atom. The fourth-order valence-corrected chi connectivity index (χ4v) is 4.68. The number of anilines is 1. The molecule has 2 N–H and O–H groups in total. The zero-order valence-electron chi connectivity index (χ0n) is 17.0. The molecule has 0 unspecified atom stereocenters. The van der Waals surface area contributed by atoms with Crippen molar-refractivity contribution in [1.29, 1.82) is 0 Å². The summed E-state index contributed by atoms with van der Waals surface area (Å²) in [6, 6.07) is 3.51. The number of carbonyl (C=O) groups is 1. The number of hydrogen-bond acceptors (Lipinski definition) is 6. The highest BCUT2D eigenvalue weighted by Crippen LogP contribution is 2.32. The van der Waals surface area contributed by atoms with E-state index < -0.39 is 28.2 Å². The smallest absolute Gasteiger partial charge is 0.280 e. The summed E-state index contributed by atoms with van der Waals surface area (Å²) in [5.74, 6) is 0.552. The molecule has 158 valence electrons. The van der Waals surface area contributed by atoms with Crippen molar-refractivity contribution in [2.24, 2.45) is 7.05 Å². The number of amides is 1. The summed E-state index contributed by atoms with van der Waals surface area (Å²) >= 11 is 0. The summed E-state index contributed by atoms with van der Waals surface area (Å²) in [7, 11) is 2.33. The van der Waals surface area contributed by atoms with Gasteiger partial charge in [-0.25, -0.2) is 0 Å². The van der Waals surface area contributed by atoms with Crippen LogP contribution in [0.1, 0.15) is 23.7 Å². The number of ether oxygens (including phenoxy) is 2. The lowest BCUT2D eigenvalue weighted by Crippen LogP contribution is -2.56. The van der Waals surface area contributed by atoms with Crippen molar-refractivity contribution in [2.45, 2.75) is 25.4 Å². The molecule has 0 saturated carbocycles. The lowest BCUT2D eigenvalue weighted by molar-refractivity contribution is -0.120. The van der Waals surface area contributed by atoms with Crippen molar-refractivity contribution in [2.75, 3.05) is 26.6 Å². The van der Waals surface area contributed by atoms with Gasteiger partial charge in [0.15, 0.2) is 11.5 Å². The number of aromatic nitrogens is 2. The van der Waals surface area contributed by atoms with Crippen LogP contribution >= 0.6 is 0 Å². The number of rotatable bonds is 5. The summed E-state index contributed by atoms with van der Waals surface area (Å²) in [4.78, 5) is 12.9. The number of hydrogen-bond donors (Lipinski definition) is 2. The van der Waals surface area contributed by atoms with E-state index in [0.717, 1.165) is 9.87 Å². The molecule has 1 aliphatic heterocycles. The SMILES string of the molecule is COc1ccc(NC(=O)[C@H]2C[C@H](c3cn(C)nc3C)NS(=O)(=O)N2C)cc1OC. The Kier molecular flexibility index (Phi) is 5.82. The van der Waals surface area contributed by atoms with Gasteiger partial charge in [0.1, 0.15) is 6.04 Å². The Morgan fingerprint density at radius 3 is 2.52 bits per heavy atom. The minimum absolute atomic E-state index is 0.265. The van der Waals surface area contributed by atoms with Crippen LogP contribution < -0.4 is 19.5 Å². The van der Waals surface area contributed by atoms with E-state index in [0.29, 0.717) is 22.9 Å². The van der Waals surface area contributed by atoms with Gasteiger partial charge >= 0.3 is 0 Å². The number of benzene rings is 1. The molecular formula is C18H25N5O5S. The van der Waals surface area contributed by atoms with Crippen molar-refractivity contribution in [3.8, 4) is 11.5 Å². The number of carbonyl (C=O) groups excluding carboxylic acids is 1. The van der Waals surface area contributed by atoms with Crippen LogP contribution in [0.3, 0.4) is 0 Å². The number of nitrogens with zero attached hydrogens (tertiary/aromatic N) is 3. The van der Waals surface area contributed by atoms with Gasteiger partial charge in [0, 0.05) is 37.6 Å². The van der Waals surface area contributed by atoms with Crippen LogP contribution in [-0.2, 0) is 22.1 Å². The molecule has 2 aromatic rings. The van der Waals surface area contributed by atoms with Crippen molar-refractivity contribution in [1.82, 2.24) is 18.8 Å². The molecule has 10 nitrogen and oxygen atoms in total. The van der Waals surface area contributed by atoms with Gasteiger partial charge in [-0.15, -0.1) is 0 Å². The maximum Gasteiger partial charge on any atom is 0.280 e. The van der Waals surface area contributed by atoms with Gasteiger partial charge in [-0.2, -0.15) is 22.5 Å². The van der Waals surface area contributed by atoms with Crippen LogP contribution in [0.5, 0.6) is 11.5 Å². The number of likely N-dealkylation sites (N-methyl/N-ethyl adjacent to an activating group) is 1. The van der Waals surface area contributed by atoms with Crippen molar-refractivity contribution in [3.05, 3.63) is 35.7 Å². The number of aryl methyl sites for hydroxylation is 2. The normalized spacial score (nSPS) is 21.6. The molecule has 1 amide bonds. The van der Waals surface area contributed by atoms with E-state index in [4.69, 9.17) is 9.47 Å². The first-order valence-electron chi connectivity index (χ1n) is 8.94. The maximum absolute atomic E-state index is 12.9. The van der Waals surface area contributed by atoms with Crippen LogP contribution in [0.4, 0.5) is 5.69 Å². The maximum atomic E-state index is 12.9. The number of methoxy groups -OCH3 is 2. The molecule has 1 saturated heterocycles. The standard InChI is InChI=1S/C18H25N5O5S/c1-11-13(10-22(2)20-11)14-9-15(23(3)29(25,26)21-14)18(24)19-12-6-7-16(27-4)17(8-12)28-5/h6-8,10,14-15,21H,9H2,1-5H3,(H,19,24)/t14-,15-/m1/s1. The Balaban J connectivity index is 1.85. The zero-order valence-corrected chi connectivity index (χ0v) is 17.8. The topological polar surface area (TPSA) is 115 Å². The summed E-state index contributed by atoms with van der Waals surface area (Å²) in [5, 5.41) is 7.04. The first-order chi connectivity index (χ1) is 13.7. The average molecular weight is 423 g/mol. The molecule has 11 heteroatoms. The van der Waals surface area contributed by atoms with E-state index in [-0.39, 0.29) is 6.42 Å². The average Bonchev–Trinajstić information content (AvgIpc) is 3.01. The predicted molar refractivity (Wildman–Crippen MR) is 107 cm³/mol. The van der Waals surface area contributed by atoms with E-state index in [2.05, 4.69) is 15.1 Å². The molecule has 3 rings (SSSR count). The Morgan fingerprint density at radius 1 is 1.24 bits per heavy atom. The second-order valence-corrected chi connectivity index (χ2v) is 8.61. The zero-order chi connectivity index (χ0) is 21.3. The van der Waals surface area contributed by atoms with E-state index >= 15 is 0 Å². The fourth-order valence-electron chi connectivity index (χ4n) is 3.41. The van der Waals surface area contributed by atoms with Gasteiger partial charge in [-0.3, -0.25) is 9.48 Å². The van der Waals surface area contributed by atoms with Crippen LogP contribution in [0.25, 0.3) is 0 Å². The van der Waals surface area contributed by atoms with Gasteiger partial charge in [-0.05, 0) is 25.5 Å². The van der Waals surface area contributed by atoms with Crippen LogP contribution in [0, 0.1) is 6.92 Å². The highest BCUT2D eigenvalue weighted by molar-refractivity contribution is 7.87. The molecule has 0 aliphatic carbocycles. The molecule has 1 fully saturated rings. The van der Waals surface area contributed by atoms with Crippen LogP contribution in [-0.4, -0.2) is 55.7 Å². The minimum Gasteiger partial charge on any atom is -0.493 e. The number of nitrogens with one attached hydrogen (secondary N) is 2. The second kappa shape index (κ2) is 8.01. The van der Waals surface area contributed by atoms with Crippen LogP contribution in [0.15, 0.2) is 24.4 Å². The van der Waals surface area contributed by atoms with Crippen LogP contribution in [0.2, 0.25) is 0 Å². The third kappa shape index (κ3) is 4.21. The molecule has 0 bridgehead atoms. The third-order valence-electron chi connectivity index (χ3n) is 4.95. The summed E-state index contributed by atoms with van der Waals surface area (Å²) in [6.07, 6.45) is 2.03. The minimum atomic E-state index is -3.84. The lowest BCUT2D eigenvalue weighted by atomic mass is 10.00. The molecule has 2 heterocycles. The van der Waals surface area contributed by atoms with Gasteiger partial charge in [0.05, 0.1) is 26.0 Å². The molecule has 2 atom stereocenters. The molecular weight excluding hydrogens is 398 g/mol. The molecule has 1 aromatic carbocycles. The summed E-state index contributed by atoms with van der Waals surface area (Å²) < 4.78 is 40.9. The first kappa shape index (κ1) is 21.1. The fraction of sp³-hybridized carbons (Fsp3) is 0.444. The van der Waals surface area contributed by atoms with Crippen molar-refractivity contribution < 1.29 is 22.7 Å². The van der Waals surface area contributed by atoms with E-state index in [1.54, 1.807) is 43.0 Å². The highest BCUT2D eigenvalue weighted by Gasteiger charge is 2.41. The second-order valence-electron chi connectivity index (χ2n) is 6.85. The molecule has 29 heavy (non-hydrogen) atoms. The molecule has 0 spiro atoms. The highest BCUT2D eigenvalue weighted by atomic mass is 32.2. The van der Waals surface area contributed by atoms with Gasteiger partial charge in [-0.1, -0.05) is 0 Å². The van der Waals surface area contributed by atoms with Gasteiger partial charge in [0.25, 0.3) is 10.2 Å². The first-order valence-corrected chi connectivity index (χ1v) is 10.4. The molecule has 1 aliphatic rings. The Labute approximate surface area is 170 Å². The van der Waals surface area contributed by atoms with E-state index in [1.807, 2.05) is 0 Å². The van der Waals surface area contributed by atoms with E-state index in [1.165, 1.54) is 21.3 Å². The van der Waals surface area contributed by atoms with E-state index in [9.17, 15) is 13.2 Å². The third-order valence-corrected chi connectivity index (χ3v) is 6.54. The quantitative estimate of drug-likeness (QED) is 0.740. The van der Waals surface area contributed by atoms with Crippen molar-refractivity contribution >= 4 is 21.8 Å². The predicted octanol–water partition coefficient (Wildman–Crippen LogP) is 0.964. The lowest BCUT2D eigenvalue weighted by Gasteiger charge is -2.36. The molecule has 0 radical (unpaired) electrons. The monoisotopic (exact) mass is 423 g/mol. The van der Waals surface area contributed by atoms with Gasteiger partial charge in [0.2, 0.25) is 5.91 Å². The Hall–Kier alpha value is -2.63. The summed E-state index contributed by atoms with van der Waals surface area (Å²) in [5.41, 5.74) is 1.93.